The molecule has 9 nitrogen and oxygen atoms in total. The maximum atomic E-state index is 15.3. The van der Waals surface area contributed by atoms with Gasteiger partial charge in [-0.15, -0.1) is 0 Å². The molecular formula is C24H22FN7O2. The maximum Gasteiger partial charge on any atom is 0.257 e. The van der Waals surface area contributed by atoms with Crippen molar-refractivity contribution >= 4 is 39.2 Å². The number of nitrogens with two attached hydrogens (primary N) is 1. The quantitative estimate of drug-likeness (QED) is 0.435. The van der Waals surface area contributed by atoms with Crippen molar-refractivity contribution in [2.45, 2.75) is 19.0 Å². The fraction of sp³-hybridized carbons (Fsp3) is 0.250. The zero-order chi connectivity index (χ0) is 23.6. The molecule has 34 heavy (non-hydrogen) atoms. The maximum absolute atomic E-state index is 15.3. The van der Waals surface area contributed by atoms with E-state index >= 15 is 4.39 Å². The summed E-state index contributed by atoms with van der Waals surface area (Å²) >= 11 is 0. The summed E-state index contributed by atoms with van der Waals surface area (Å²) in [6.07, 6.45) is 5.39. The van der Waals surface area contributed by atoms with Crippen LogP contribution in [-0.2, 0) is 11.8 Å². The molecule has 1 aliphatic heterocycles. The van der Waals surface area contributed by atoms with Gasteiger partial charge in [0.1, 0.15) is 17.3 Å². The SMILES string of the molecule is CC1COCC(c2cn3ccccc3n2)N1C(=O)c1cc2c(cc1F)nc(N)c1cnn(C)c12. The van der Waals surface area contributed by atoms with Gasteiger partial charge in [0.15, 0.2) is 0 Å². The van der Waals surface area contributed by atoms with Gasteiger partial charge in [0, 0.05) is 30.9 Å². The Labute approximate surface area is 193 Å². The molecule has 1 aliphatic rings. The van der Waals surface area contributed by atoms with E-state index in [0.717, 1.165) is 5.65 Å². The first-order chi connectivity index (χ1) is 16.4. The van der Waals surface area contributed by atoms with Crippen molar-refractivity contribution < 1.29 is 13.9 Å². The highest BCUT2D eigenvalue weighted by Gasteiger charge is 2.36. The first-order valence-corrected chi connectivity index (χ1v) is 11.0. The van der Waals surface area contributed by atoms with Gasteiger partial charge in [-0.05, 0) is 25.1 Å². The fourth-order valence-corrected chi connectivity index (χ4v) is 4.78. The lowest BCUT2D eigenvalue weighted by Crippen LogP contribution is -2.49. The number of nitrogen functional groups attached to an aromatic ring is 1. The number of nitrogens with zero attached hydrogens (tertiary/aromatic N) is 6. The summed E-state index contributed by atoms with van der Waals surface area (Å²) < 4.78 is 24.6. The highest BCUT2D eigenvalue weighted by molar-refractivity contribution is 6.10. The van der Waals surface area contributed by atoms with E-state index in [1.54, 1.807) is 28.9 Å². The van der Waals surface area contributed by atoms with Crippen LogP contribution < -0.4 is 5.73 Å². The van der Waals surface area contributed by atoms with Gasteiger partial charge in [-0.3, -0.25) is 9.48 Å². The molecule has 2 N–H and O–H groups in total. The molecule has 1 fully saturated rings. The molecule has 0 saturated carbocycles. The second-order valence-corrected chi connectivity index (χ2v) is 8.62. The molecule has 172 valence electrons. The number of hydrogen-bond acceptors (Lipinski definition) is 6. The highest BCUT2D eigenvalue weighted by atomic mass is 19.1. The third kappa shape index (κ3) is 3.02. The van der Waals surface area contributed by atoms with Crippen LogP contribution in [0.25, 0.3) is 27.5 Å². The van der Waals surface area contributed by atoms with E-state index in [9.17, 15) is 4.79 Å². The van der Waals surface area contributed by atoms with E-state index in [0.29, 0.717) is 34.1 Å². The van der Waals surface area contributed by atoms with Gasteiger partial charge < -0.3 is 19.8 Å². The normalized spacial score (nSPS) is 18.9. The smallest absolute Gasteiger partial charge is 0.257 e. The summed E-state index contributed by atoms with van der Waals surface area (Å²) in [4.78, 5) is 24.5. The average Bonchev–Trinajstić information content (AvgIpc) is 3.42. The summed E-state index contributed by atoms with van der Waals surface area (Å²) in [7, 11) is 1.77. The molecule has 6 rings (SSSR count). The van der Waals surface area contributed by atoms with Crippen molar-refractivity contribution in [2.75, 3.05) is 18.9 Å². The molecule has 0 radical (unpaired) electrons. The number of hydrogen-bond donors (Lipinski definition) is 1. The Morgan fingerprint density at radius 2 is 2.06 bits per heavy atom. The van der Waals surface area contributed by atoms with E-state index < -0.39 is 17.8 Å². The molecule has 4 aromatic heterocycles. The van der Waals surface area contributed by atoms with Crippen LogP contribution in [0, 0.1) is 5.82 Å². The van der Waals surface area contributed by atoms with Crippen molar-refractivity contribution in [2.24, 2.45) is 7.05 Å². The van der Waals surface area contributed by atoms with Crippen molar-refractivity contribution in [1.29, 1.82) is 0 Å². The molecule has 1 saturated heterocycles. The van der Waals surface area contributed by atoms with Gasteiger partial charge in [0.05, 0.1) is 59.2 Å². The van der Waals surface area contributed by atoms with E-state index in [1.807, 2.05) is 41.9 Å². The van der Waals surface area contributed by atoms with Crippen LogP contribution in [0.15, 0.2) is 48.9 Å². The Bertz CT molecular complexity index is 1560. The van der Waals surface area contributed by atoms with Gasteiger partial charge in [0.25, 0.3) is 5.91 Å². The molecule has 0 bridgehead atoms. The van der Waals surface area contributed by atoms with Crippen molar-refractivity contribution in [3.63, 3.8) is 0 Å². The second kappa shape index (κ2) is 7.49. The number of aryl methyl sites for hydroxylation is 1. The number of imidazole rings is 1. The Morgan fingerprint density at radius 3 is 2.88 bits per heavy atom. The number of morpholine rings is 1. The molecule has 1 amide bonds. The lowest BCUT2D eigenvalue weighted by atomic mass is 10.0. The number of rotatable bonds is 2. The number of aromatic nitrogens is 5. The number of halogens is 1. The van der Waals surface area contributed by atoms with Gasteiger partial charge >= 0.3 is 0 Å². The number of fused-ring (bicyclic) bond motifs is 4. The number of ether oxygens (including phenoxy) is 1. The minimum atomic E-state index is -0.654. The number of benzene rings is 1. The molecule has 1 aromatic carbocycles. The predicted molar refractivity (Wildman–Crippen MR) is 125 cm³/mol. The van der Waals surface area contributed by atoms with Gasteiger partial charge in [-0.2, -0.15) is 5.10 Å². The number of anilines is 1. The third-order valence-electron chi connectivity index (χ3n) is 6.43. The van der Waals surface area contributed by atoms with Crippen molar-refractivity contribution in [3.05, 3.63) is 66.0 Å². The van der Waals surface area contributed by atoms with Crippen molar-refractivity contribution in [3.8, 4) is 0 Å². The minimum absolute atomic E-state index is 0.0379. The highest BCUT2D eigenvalue weighted by Crippen LogP contribution is 2.33. The van der Waals surface area contributed by atoms with E-state index in [2.05, 4.69) is 15.1 Å². The fourth-order valence-electron chi connectivity index (χ4n) is 4.78. The van der Waals surface area contributed by atoms with E-state index in [-0.39, 0.29) is 24.0 Å². The molecule has 10 heteroatoms. The molecule has 0 spiro atoms. The molecule has 5 aromatic rings. The largest absolute Gasteiger partial charge is 0.383 e. The van der Waals surface area contributed by atoms with Gasteiger partial charge in [-0.1, -0.05) is 6.07 Å². The Hall–Kier alpha value is -4.05. The van der Waals surface area contributed by atoms with Crippen LogP contribution >= 0.6 is 0 Å². The molecular weight excluding hydrogens is 437 g/mol. The van der Waals surface area contributed by atoms with Gasteiger partial charge in [-0.25, -0.2) is 14.4 Å². The Balaban J connectivity index is 1.48. The number of carbonyl (C=O) groups excluding carboxylic acids is 1. The van der Waals surface area contributed by atoms with Crippen LogP contribution in [0.2, 0.25) is 0 Å². The summed E-state index contributed by atoms with van der Waals surface area (Å²) in [5.41, 5.74) is 8.53. The standard InChI is InChI=1S/C24H22FN7O2/c1-13-11-34-12-20(19-10-31-6-4-3-5-21(31)28-19)32(13)24(33)14-7-15-18(8-17(14)25)29-23(26)16-9-27-30(2)22(15)16/h3-10,13,20H,11-12H2,1-2H3,(H2,26,29). The summed E-state index contributed by atoms with van der Waals surface area (Å²) in [5, 5.41) is 5.52. The van der Waals surface area contributed by atoms with Crippen molar-refractivity contribution in [1.82, 2.24) is 29.0 Å². The number of amides is 1. The predicted octanol–water partition coefficient (Wildman–Crippen LogP) is 3.09. The number of carbonyl (C=O) groups is 1. The molecule has 2 atom stereocenters. The first kappa shape index (κ1) is 20.5. The van der Waals surface area contributed by atoms with Gasteiger partial charge in [0.2, 0.25) is 0 Å². The zero-order valence-electron chi connectivity index (χ0n) is 18.6. The van der Waals surface area contributed by atoms with E-state index in [1.165, 1.54) is 6.07 Å². The van der Waals surface area contributed by atoms with Crippen LogP contribution in [-0.4, -0.2) is 54.2 Å². The second-order valence-electron chi connectivity index (χ2n) is 8.62. The topological polar surface area (TPSA) is 104 Å². The minimum Gasteiger partial charge on any atom is -0.383 e. The van der Waals surface area contributed by atoms with Crippen LogP contribution in [0.1, 0.15) is 29.0 Å². The lowest BCUT2D eigenvalue weighted by molar-refractivity contribution is -0.0328. The van der Waals surface area contributed by atoms with E-state index in [4.69, 9.17) is 10.5 Å². The monoisotopic (exact) mass is 459 g/mol. The average molecular weight is 459 g/mol. The molecule has 5 heterocycles. The first-order valence-electron chi connectivity index (χ1n) is 11.0. The summed E-state index contributed by atoms with van der Waals surface area (Å²) in [6, 6.07) is 7.79. The lowest BCUT2D eigenvalue weighted by Gasteiger charge is -2.39. The zero-order valence-corrected chi connectivity index (χ0v) is 18.6. The molecule has 2 unspecified atom stereocenters. The summed E-state index contributed by atoms with van der Waals surface area (Å²) in [6.45, 7) is 2.52. The molecule has 0 aliphatic carbocycles. The Kier molecular flexibility index (Phi) is 4.53. The van der Waals surface area contributed by atoms with Crippen LogP contribution in [0.5, 0.6) is 0 Å². The third-order valence-corrected chi connectivity index (χ3v) is 6.43. The summed E-state index contributed by atoms with van der Waals surface area (Å²) in [5.74, 6) is -0.814. The van der Waals surface area contributed by atoms with Crippen LogP contribution in [0.4, 0.5) is 10.2 Å². The van der Waals surface area contributed by atoms with Crippen LogP contribution in [0.3, 0.4) is 0 Å². The Morgan fingerprint density at radius 1 is 1.21 bits per heavy atom. The number of pyridine rings is 2.